The van der Waals surface area contributed by atoms with E-state index < -0.39 is 0 Å². The number of aromatic nitrogens is 4. The number of nitrogens with one attached hydrogen (secondary N) is 1. The molecule has 0 saturated heterocycles. The van der Waals surface area contributed by atoms with Crippen LogP contribution >= 0.6 is 0 Å². The molecule has 3 aromatic rings. The molecular formula is C11H8N4O. The maximum Gasteiger partial charge on any atom is 0.257 e. The van der Waals surface area contributed by atoms with Crippen LogP contribution in [0.5, 0.6) is 0 Å². The number of hydrogen-bond acceptors (Lipinski definition) is 3. The molecule has 0 saturated carbocycles. The minimum absolute atomic E-state index is 0.0990. The second-order valence-electron chi connectivity index (χ2n) is 3.37. The van der Waals surface area contributed by atoms with E-state index in [1.165, 1.54) is 10.5 Å². The molecule has 3 rings (SSSR count). The van der Waals surface area contributed by atoms with Crippen LogP contribution in [0, 0.1) is 0 Å². The van der Waals surface area contributed by atoms with Crippen molar-refractivity contribution < 1.29 is 0 Å². The molecule has 0 bridgehead atoms. The Bertz CT molecular complexity index is 684. The van der Waals surface area contributed by atoms with Gasteiger partial charge in [0.2, 0.25) is 0 Å². The first-order valence-corrected chi connectivity index (χ1v) is 4.83. The van der Waals surface area contributed by atoms with Crippen LogP contribution in [0.4, 0.5) is 0 Å². The molecule has 0 radical (unpaired) electrons. The fourth-order valence-electron chi connectivity index (χ4n) is 1.65. The van der Waals surface area contributed by atoms with Crippen molar-refractivity contribution in [3.63, 3.8) is 0 Å². The van der Waals surface area contributed by atoms with E-state index in [9.17, 15) is 4.79 Å². The Morgan fingerprint density at radius 1 is 1.12 bits per heavy atom. The smallest absolute Gasteiger partial charge is 0.257 e. The SMILES string of the molecule is O=c1cccc2[nH]nc(-c3ccncc3)n12. The van der Waals surface area contributed by atoms with E-state index in [0.29, 0.717) is 11.5 Å². The van der Waals surface area contributed by atoms with Gasteiger partial charge in [-0.05, 0) is 18.2 Å². The molecule has 0 spiro atoms. The summed E-state index contributed by atoms with van der Waals surface area (Å²) in [6, 6.07) is 8.64. The molecule has 16 heavy (non-hydrogen) atoms. The van der Waals surface area contributed by atoms with E-state index in [2.05, 4.69) is 15.2 Å². The Labute approximate surface area is 90.4 Å². The topological polar surface area (TPSA) is 63.0 Å². The molecule has 0 unspecified atom stereocenters. The third kappa shape index (κ3) is 1.22. The van der Waals surface area contributed by atoms with Crippen LogP contribution in [0.1, 0.15) is 0 Å². The van der Waals surface area contributed by atoms with Crippen molar-refractivity contribution in [2.24, 2.45) is 0 Å². The molecular weight excluding hydrogens is 204 g/mol. The molecule has 3 aromatic heterocycles. The summed E-state index contributed by atoms with van der Waals surface area (Å²) in [5.41, 5.74) is 1.44. The molecule has 0 amide bonds. The predicted octanol–water partition coefficient (Wildman–Crippen LogP) is 1.08. The maximum absolute atomic E-state index is 11.7. The first-order chi connectivity index (χ1) is 7.86. The second kappa shape index (κ2) is 3.30. The zero-order valence-electron chi connectivity index (χ0n) is 8.29. The molecule has 5 heteroatoms. The number of rotatable bonds is 1. The van der Waals surface area contributed by atoms with Gasteiger partial charge < -0.3 is 0 Å². The van der Waals surface area contributed by atoms with Crippen LogP contribution in [0.25, 0.3) is 17.0 Å². The van der Waals surface area contributed by atoms with E-state index in [1.807, 2.05) is 12.1 Å². The Kier molecular flexibility index (Phi) is 1.83. The molecule has 0 aromatic carbocycles. The lowest BCUT2D eigenvalue weighted by molar-refractivity contribution is 1.09. The lowest BCUT2D eigenvalue weighted by atomic mass is 10.2. The Balaban J connectivity index is 2.38. The lowest BCUT2D eigenvalue weighted by Crippen LogP contribution is -2.11. The average molecular weight is 212 g/mol. The van der Waals surface area contributed by atoms with E-state index in [1.54, 1.807) is 24.5 Å². The highest BCUT2D eigenvalue weighted by molar-refractivity contribution is 5.58. The fraction of sp³-hybridized carbons (Fsp3) is 0. The zero-order valence-corrected chi connectivity index (χ0v) is 8.29. The molecule has 0 aliphatic carbocycles. The molecule has 78 valence electrons. The van der Waals surface area contributed by atoms with Crippen LogP contribution in [0.2, 0.25) is 0 Å². The van der Waals surface area contributed by atoms with Gasteiger partial charge in [-0.25, -0.2) is 4.40 Å². The van der Waals surface area contributed by atoms with Crippen molar-refractivity contribution in [2.75, 3.05) is 0 Å². The van der Waals surface area contributed by atoms with Gasteiger partial charge in [-0.2, -0.15) is 5.10 Å². The maximum atomic E-state index is 11.7. The Morgan fingerprint density at radius 2 is 1.94 bits per heavy atom. The highest BCUT2D eigenvalue weighted by Crippen LogP contribution is 2.14. The number of fused-ring (bicyclic) bond motifs is 1. The molecule has 0 atom stereocenters. The Hall–Kier alpha value is -2.43. The van der Waals surface area contributed by atoms with Crippen molar-refractivity contribution in [1.29, 1.82) is 0 Å². The van der Waals surface area contributed by atoms with Crippen LogP contribution in [0.3, 0.4) is 0 Å². The van der Waals surface area contributed by atoms with Gasteiger partial charge in [0.25, 0.3) is 5.56 Å². The highest BCUT2D eigenvalue weighted by atomic mass is 16.1. The van der Waals surface area contributed by atoms with Crippen LogP contribution < -0.4 is 5.56 Å². The summed E-state index contributed by atoms with van der Waals surface area (Å²) in [5, 5.41) is 6.96. The van der Waals surface area contributed by atoms with Crippen LogP contribution in [-0.4, -0.2) is 19.6 Å². The monoisotopic (exact) mass is 212 g/mol. The molecule has 1 N–H and O–H groups in total. The third-order valence-corrected chi connectivity index (χ3v) is 2.38. The van der Waals surface area contributed by atoms with E-state index in [4.69, 9.17) is 0 Å². The molecule has 0 aliphatic rings. The van der Waals surface area contributed by atoms with Gasteiger partial charge in [0.05, 0.1) is 0 Å². The van der Waals surface area contributed by atoms with Crippen molar-refractivity contribution in [2.45, 2.75) is 0 Å². The normalized spacial score (nSPS) is 10.8. The lowest BCUT2D eigenvalue weighted by Gasteiger charge is -1.97. The van der Waals surface area contributed by atoms with E-state index in [0.717, 1.165) is 5.56 Å². The predicted molar refractivity (Wildman–Crippen MR) is 59.0 cm³/mol. The van der Waals surface area contributed by atoms with Crippen LogP contribution in [-0.2, 0) is 0 Å². The molecule has 3 heterocycles. The first-order valence-electron chi connectivity index (χ1n) is 4.83. The Morgan fingerprint density at radius 3 is 2.75 bits per heavy atom. The van der Waals surface area contributed by atoms with Gasteiger partial charge in [0.15, 0.2) is 5.82 Å². The summed E-state index contributed by atoms with van der Waals surface area (Å²) >= 11 is 0. The second-order valence-corrected chi connectivity index (χ2v) is 3.37. The molecule has 5 nitrogen and oxygen atoms in total. The minimum atomic E-state index is -0.0990. The minimum Gasteiger partial charge on any atom is -0.269 e. The van der Waals surface area contributed by atoms with Gasteiger partial charge in [-0.1, -0.05) is 6.07 Å². The molecule has 0 fully saturated rings. The standard InChI is InChI=1S/C11H8N4O/c16-10-3-1-2-9-13-14-11(15(9)10)8-4-6-12-7-5-8/h1-7,13H. The van der Waals surface area contributed by atoms with E-state index >= 15 is 0 Å². The van der Waals surface area contributed by atoms with Crippen molar-refractivity contribution in [3.05, 3.63) is 53.1 Å². The summed E-state index contributed by atoms with van der Waals surface area (Å²) in [6.07, 6.45) is 3.34. The number of pyridine rings is 2. The largest absolute Gasteiger partial charge is 0.269 e. The van der Waals surface area contributed by atoms with Crippen molar-refractivity contribution >= 4 is 5.65 Å². The van der Waals surface area contributed by atoms with E-state index in [-0.39, 0.29) is 5.56 Å². The van der Waals surface area contributed by atoms with Gasteiger partial charge >= 0.3 is 0 Å². The average Bonchev–Trinajstić information content (AvgIpc) is 2.75. The number of H-pyrrole nitrogens is 1. The van der Waals surface area contributed by atoms with Crippen molar-refractivity contribution in [1.82, 2.24) is 19.6 Å². The summed E-state index contributed by atoms with van der Waals surface area (Å²) in [6.45, 7) is 0. The zero-order chi connectivity index (χ0) is 11.0. The van der Waals surface area contributed by atoms with Gasteiger partial charge in [-0.3, -0.25) is 14.9 Å². The number of hydrogen-bond donors (Lipinski definition) is 1. The van der Waals surface area contributed by atoms with Crippen molar-refractivity contribution in [3.8, 4) is 11.4 Å². The van der Waals surface area contributed by atoms with Crippen LogP contribution in [0.15, 0.2) is 47.5 Å². The quantitative estimate of drug-likeness (QED) is 0.656. The van der Waals surface area contributed by atoms with Gasteiger partial charge in [0.1, 0.15) is 5.65 Å². The summed E-state index contributed by atoms with van der Waals surface area (Å²) in [4.78, 5) is 15.7. The van der Waals surface area contributed by atoms with Gasteiger partial charge in [-0.15, -0.1) is 0 Å². The number of nitrogens with zero attached hydrogens (tertiary/aromatic N) is 3. The first kappa shape index (κ1) is 8.84. The summed E-state index contributed by atoms with van der Waals surface area (Å²) in [5.74, 6) is 0.600. The third-order valence-electron chi connectivity index (χ3n) is 2.38. The number of aromatic amines is 1. The van der Waals surface area contributed by atoms with Gasteiger partial charge in [0, 0.05) is 24.0 Å². The highest BCUT2D eigenvalue weighted by Gasteiger charge is 2.07. The summed E-state index contributed by atoms with van der Waals surface area (Å²) < 4.78 is 1.54. The molecule has 0 aliphatic heterocycles. The fourth-order valence-corrected chi connectivity index (χ4v) is 1.65. The summed E-state index contributed by atoms with van der Waals surface area (Å²) in [7, 11) is 0.